The highest BCUT2D eigenvalue weighted by Crippen LogP contribution is 2.27. The Bertz CT molecular complexity index is 1140. The first-order valence-electron chi connectivity index (χ1n) is 8.02. The number of hydrogen-bond donors (Lipinski definition) is 1. The highest BCUT2D eigenvalue weighted by Gasteiger charge is 2.26. The molecule has 0 fully saturated rings. The maximum Gasteiger partial charge on any atom is 0.280 e. The molecule has 3 rings (SSSR count). The van der Waals surface area contributed by atoms with Crippen LogP contribution in [0.2, 0.25) is 0 Å². The van der Waals surface area contributed by atoms with Crippen LogP contribution in [0, 0.1) is 20.2 Å². The summed E-state index contributed by atoms with van der Waals surface area (Å²) in [6, 6.07) is 3.41. The molecule has 0 unspecified atom stereocenters. The van der Waals surface area contributed by atoms with E-state index < -0.39 is 30.4 Å². The number of non-ortho nitro benzene ring substituents is 1. The van der Waals surface area contributed by atoms with Crippen molar-refractivity contribution in [2.75, 3.05) is 12.8 Å². The van der Waals surface area contributed by atoms with Gasteiger partial charge < -0.3 is 0 Å². The summed E-state index contributed by atoms with van der Waals surface area (Å²) in [6.45, 7) is 0.609. The fourth-order valence-electron chi connectivity index (χ4n) is 2.98. The molecular formula is C15H15N5O7S. The van der Waals surface area contributed by atoms with Gasteiger partial charge in [-0.25, -0.2) is 13.4 Å². The van der Waals surface area contributed by atoms with Gasteiger partial charge in [-0.2, -0.15) is 0 Å². The maximum atomic E-state index is 12.3. The summed E-state index contributed by atoms with van der Waals surface area (Å²) in [4.78, 5) is 41.0. The molecule has 0 aliphatic carbocycles. The van der Waals surface area contributed by atoms with E-state index in [4.69, 9.17) is 0 Å². The molecule has 1 aliphatic rings. The fraction of sp³-hybridized carbons (Fsp3) is 0.333. The van der Waals surface area contributed by atoms with Gasteiger partial charge >= 0.3 is 0 Å². The molecule has 0 spiro atoms. The van der Waals surface area contributed by atoms with Gasteiger partial charge in [-0.3, -0.25) is 34.9 Å². The maximum absolute atomic E-state index is 12.3. The van der Waals surface area contributed by atoms with E-state index in [9.17, 15) is 33.4 Å². The molecule has 2 heterocycles. The number of aromatic amines is 1. The number of benzene rings is 1. The van der Waals surface area contributed by atoms with Crippen molar-refractivity contribution >= 4 is 21.2 Å². The third kappa shape index (κ3) is 3.89. The molecule has 0 radical (unpaired) electrons. The lowest BCUT2D eigenvalue weighted by molar-refractivity contribution is -0.394. The number of H-pyrrole nitrogens is 1. The second-order valence-corrected chi connectivity index (χ2v) is 8.29. The summed E-state index contributed by atoms with van der Waals surface area (Å²) in [7, 11) is -3.66. The lowest BCUT2D eigenvalue weighted by Crippen LogP contribution is -2.36. The van der Waals surface area contributed by atoms with Crippen LogP contribution < -0.4 is 5.56 Å². The van der Waals surface area contributed by atoms with Crippen molar-refractivity contribution < 1.29 is 18.3 Å². The third-order valence-corrected chi connectivity index (χ3v) is 5.24. The van der Waals surface area contributed by atoms with Gasteiger partial charge in [-0.05, 0) is 6.07 Å². The predicted molar refractivity (Wildman–Crippen MR) is 95.5 cm³/mol. The van der Waals surface area contributed by atoms with Gasteiger partial charge in [0.1, 0.15) is 0 Å². The quantitative estimate of drug-likeness (QED) is 0.421. The van der Waals surface area contributed by atoms with Gasteiger partial charge in [0.15, 0.2) is 0 Å². The summed E-state index contributed by atoms with van der Waals surface area (Å²) in [5.74, 6) is 0. The number of nitrogens with one attached hydrogen (secondary N) is 1. The lowest BCUT2D eigenvalue weighted by atomic mass is 10.1. The molecule has 148 valence electrons. The van der Waals surface area contributed by atoms with Crippen molar-refractivity contribution in [1.29, 1.82) is 0 Å². The highest BCUT2D eigenvalue weighted by molar-refractivity contribution is 7.90. The average molecular weight is 409 g/mol. The van der Waals surface area contributed by atoms with Crippen LogP contribution in [0.3, 0.4) is 0 Å². The van der Waals surface area contributed by atoms with E-state index in [0.717, 1.165) is 12.3 Å². The largest absolute Gasteiger partial charge is 0.297 e. The van der Waals surface area contributed by atoms with E-state index in [-0.39, 0.29) is 30.0 Å². The summed E-state index contributed by atoms with van der Waals surface area (Å²) in [5, 5.41) is 21.7. The SMILES string of the molecule is CS(=O)(=O)c1nc2c(c(=O)[nH]1)CN(Cc1ccc([N+](=O)[O-])cc1[N+](=O)[O-])CC2. The number of nitro groups is 2. The van der Waals surface area contributed by atoms with Crippen LogP contribution in [0.5, 0.6) is 0 Å². The number of sulfone groups is 1. The summed E-state index contributed by atoms with van der Waals surface area (Å²) in [5.41, 5.74) is -0.390. The minimum atomic E-state index is -3.66. The molecule has 12 nitrogen and oxygen atoms in total. The number of aromatic nitrogens is 2. The Morgan fingerprint density at radius 2 is 1.96 bits per heavy atom. The third-order valence-electron chi connectivity index (χ3n) is 4.35. The molecule has 1 N–H and O–H groups in total. The van der Waals surface area contributed by atoms with Crippen LogP contribution in [0.4, 0.5) is 11.4 Å². The van der Waals surface area contributed by atoms with Crippen LogP contribution in [0.1, 0.15) is 16.8 Å². The van der Waals surface area contributed by atoms with E-state index in [1.165, 1.54) is 12.1 Å². The Morgan fingerprint density at radius 1 is 1.25 bits per heavy atom. The van der Waals surface area contributed by atoms with E-state index in [2.05, 4.69) is 9.97 Å². The van der Waals surface area contributed by atoms with Gasteiger partial charge in [0.05, 0.1) is 27.2 Å². The smallest absolute Gasteiger partial charge is 0.280 e. The molecule has 0 atom stereocenters. The zero-order valence-electron chi connectivity index (χ0n) is 14.6. The second kappa shape index (κ2) is 7.09. The summed E-state index contributed by atoms with van der Waals surface area (Å²) in [6.07, 6.45) is 1.24. The zero-order valence-corrected chi connectivity index (χ0v) is 15.4. The normalized spacial score (nSPS) is 14.5. The second-order valence-electron chi connectivity index (χ2n) is 6.36. The molecule has 1 aliphatic heterocycles. The van der Waals surface area contributed by atoms with E-state index in [1.54, 1.807) is 4.90 Å². The first-order chi connectivity index (χ1) is 13.1. The zero-order chi connectivity index (χ0) is 20.6. The van der Waals surface area contributed by atoms with E-state index in [1.807, 2.05) is 0 Å². The Kier molecular flexibility index (Phi) is 4.95. The van der Waals surface area contributed by atoms with Crippen LogP contribution in [-0.2, 0) is 29.3 Å². The Hall–Kier alpha value is -3.19. The molecule has 28 heavy (non-hydrogen) atoms. The van der Waals surface area contributed by atoms with Crippen molar-refractivity contribution in [1.82, 2.24) is 14.9 Å². The van der Waals surface area contributed by atoms with Gasteiger partial charge in [0.2, 0.25) is 15.0 Å². The molecule has 0 bridgehead atoms. The predicted octanol–water partition coefficient (Wildman–Crippen LogP) is 0.548. The molecular weight excluding hydrogens is 394 g/mol. The molecule has 1 aromatic carbocycles. The van der Waals surface area contributed by atoms with Gasteiger partial charge in [0.25, 0.3) is 16.9 Å². The number of nitrogens with zero attached hydrogens (tertiary/aromatic N) is 4. The number of hydrogen-bond acceptors (Lipinski definition) is 9. The van der Waals surface area contributed by atoms with Crippen molar-refractivity contribution in [3.8, 4) is 0 Å². The number of nitro benzene ring substituents is 2. The average Bonchev–Trinajstić information content (AvgIpc) is 2.61. The van der Waals surface area contributed by atoms with Crippen LogP contribution >= 0.6 is 0 Å². The van der Waals surface area contributed by atoms with Crippen molar-refractivity contribution in [3.05, 3.63) is 65.6 Å². The van der Waals surface area contributed by atoms with E-state index in [0.29, 0.717) is 24.2 Å². The molecule has 0 amide bonds. The Labute approximate surface area is 158 Å². The van der Waals surface area contributed by atoms with Gasteiger partial charge in [0, 0.05) is 43.9 Å². The van der Waals surface area contributed by atoms with E-state index >= 15 is 0 Å². The van der Waals surface area contributed by atoms with Crippen LogP contribution in [-0.4, -0.2) is 45.9 Å². The molecule has 1 aromatic heterocycles. The number of rotatable bonds is 5. The molecule has 13 heteroatoms. The summed E-state index contributed by atoms with van der Waals surface area (Å²) >= 11 is 0. The standard InChI is InChI=1S/C15H15N5O7S/c1-28(26,27)15-16-12-4-5-18(8-11(12)14(21)17-15)7-9-2-3-10(19(22)23)6-13(9)20(24)25/h2-3,6H,4-5,7-8H2,1H3,(H,16,17,21). The van der Waals surface area contributed by atoms with Crippen molar-refractivity contribution in [2.24, 2.45) is 0 Å². The van der Waals surface area contributed by atoms with Gasteiger partial charge in [-0.15, -0.1) is 0 Å². The molecule has 2 aromatic rings. The first-order valence-corrected chi connectivity index (χ1v) is 9.91. The first kappa shape index (κ1) is 19.6. The fourth-order valence-corrected chi connectivity index (χ4v) is 3.53. The van der Waals surface area contributed by atoms with Crippen molar-refractivity contribution in [2.45, 2.75) is 24.7 Å². The number of fused-ring (bicyclic) bond motifs is 1. The van der Waals surface area contributed by atoms with Crippen molar-refractivity contribution in [3.63, 3.8) is 0 Å². The highest BCUT2D eigenvalue weighted by atomic mass is 32.2. The Balaban J connectivity index is 1.89. The molecule has 0 saturated carbocycles. The Morgan fingerprint density at radius 3 is 2.57 bits per heavy atom. The monoisotopic (exact) mass is 409 g/mol. The molecule has 0 saturated heterocycles. The topological polar surface area (TPSA) is 169 Å². The minimum absolute atomic E-state index is 0.0982. The van der Waals surface area contributed by atoms with Crippen LogP contribution in [0.15, 0.2) is 28.2 Å². The minimum Gasteiger partial charge on any atom is -0.297 e. The summed E-state index contributed by atoms with van der Waals surface area (Å²) < 4.78 is 23.2. The lowest BCUT2D eigenvalue weighted by Gasteiger charge is -2.27. The van der Waals surface area contributed by atoms with Crippen LogP contribution in [0.25, 0.3) is 0 Å². The van der Waals surface area contributed by atoms with Gasteiger partial charge in [-0.1, -0.05) is 0 Å².